The molecule has 6 nitrogen and oxygen atoms in total. The number of anilines is 1. The maximum Gasteiger partial charge on any atom is 0.241 e. The molecule has 0 spiro atoms. The van der Waals surface area contributed by atoms with Crippen LogP contribution in [-0.4, -0.2) is 34.0 Å². The van der Waals surface area contributed by atoms with Crippen molar-refractivity contribution in [2.24, 2.45) is 0 Å². The number of hydrogen-bond acceptors (Lipinski definition) is 5. The quantitative estimate of drug-likeness (QED) is 0.502. The van der Waals surface area contributed by atoms with Crippen LogP contribution in [0.1, 0.15) is 31.7 Å². The Labute approximate surface area is 178 Å². The second-order valence-electron chi connectivity index (χ2n) is 7.04. The van der Waals surface area contributed by atoms with E-state index < -0.39 is 29.0 Å². The van der Waals surface area contributed by atoms with Gasteiger partial charge in [0.15, 0.2) is 17.5 Å². The summed E-state index contributed by atoms with van der Waals surface area (Å²) in [5.41, 5.74) is 1.60. The van der Waals surface area contributed by atoms with Gasteiger partial charge in [-0.3, -0.25) is 9.69 Å². The van der Waals surface area contributed by atoms with Gasteiger partial charge in [0.05, 0.1) is 18.8 Å². The normalized spacial score (nSPS) is 11.2. The standard InChI is InChI=1S/C22H23F3N4O2/c1-3-11-29(12-18(30)26-17-10-9-16(23)20(24)21(17)25)13-19-27-22(28-31-19)15-7-5-14(4-2)6-8-15/h5-10H,3-4,11-13H2,1-2H3,(H,26,30). The highest BCUT2D eigenvalue weighted by Crippen LogP contribution is 2.20. The largest absolute Gasteiger partial charge is 0.338 e. The van der Waals surface area contributed by atoms with Crippen LogP contribution in [0.15, 0.2) is 40.9 Å². The van der Waals surface area contributed by atoms with Gasteiger partial charge in [0.25, 0.3) is 0 Å². The first-order valence-electron chi connectivity index (χ1n) is 9.98. The maximum atomic E-state index is 13.8. The number of rotatable bonds is 9. The van der Waals surface area contributed by atoms with Crippen LogP contribution >= 0.6 is 0 Å². The molecule has 3 rings (SSSR count). The van der Waals surface area contributed by atoms with E-state index in [0.29, 0.717) is 18.3 Å². The minimum atomic E-state index is -1.63. The van der Waals surface area contributed by atoms with Gasteiger partial charge < -0.3 is 9.84 Å². The van der Waals surface area contributed by atoms with Crippen LogP contribution in [-0.2, 0) is 17.8 Å². The number of halogens is 3. The lowest BCUT2D eigenvalue weighted by molar-refractivity contribution is -0.117. The number of amides is 1. The molecule has 164 valence electrons. The fraction of sp³-hybridized carbons (Fsp3) is 0.318. The lowest BCUT2D eigenvalue weighted by Crippen LogP contribution is -2.33. The summed E-state index contributed by atoms with van der Waals surface area (Å²) in [6, 6.07) is 9.56. The van der Waals surface area contributed by atoms with E-state index in [-0.39, 0.29) is 13.1 Å². The van der Waals surface area contributed by atoms with E-state index in [1.807, 2.05) is 31.2 Å². The minimum Gasteiger partial charge on any atom is -0.338 e. The van der Waals surface area contributed by atoms with E-state index in [4.69, 9.17) is 4.52 Å². The Morgan fingerprint density at radius 3 is 2.48 bits per heavy atom. The van der Waals surface area contributed by atoms with Crippen LogP contribution in [0, 0.1) is 17.5 Å². The first-order chi connectivity index (χ1) is 14.9. The predicted molar refractivity (Wildman–Crippen MR) is 110 cm³/mol. The Bertz CT molecular complexity index is 1040. The number of nitrogens with one attached hydrogen (secondary N) is 1. The van der Waals surface area contributed by atoms with E-state index in [0.717, 1.165) is 30.5 Å². The van der Waals surface area contributed by atoms with Gasteiger partial charge in [-0.05, 0) is 37.1 Å². The number of carbonyl (C=O) groups excluding carboxylic acids is 1. The molecule has 0 saturated heterocycles. The van der Waals surface area contributed by atoms with E-state index in [9.17, 15) is 18.0 Å². The van der Waals surface area contributed by atoms with Gasteiger partial charge in [-0.2, -0.15) is 4.98 Å². The summed E-state index contributed by atoms with van der Waals surface area (Å²) < 4.78 is 45.5. The fourth-order valence-corrected chi connectivity index (χ4v) is 3.06. The van der Waals surface area contributed by atoms with Gasteiger partial charge in [-0.25, -0.2) is 13.2 Å². The summed E-state index contributed by atoms with van der Waals surface area (Å²) in [5.74, 6) is -4.19. The fourth-order valence-electron chi connectivity index (χ4n) is 3.06. The van der Waals surface area contributed by atoms with Crippen LogP contribution in [0.4, 0.5) is 18.9 Å². The zero-order valence-corrected chi connectivity index (χ0v) is 17.3. The molecule has 0 saturated carbocycles. The van der Waals surface area contributed by atoms with Crippen molar-refractivity contribution in [2.45, 2.75) is 33.2 Å². The molecule has 1 N–H and O–H groups in total. The second-order valence-corrected chi connectivity index (χ2v) is 7.04. The molecular weight excluding hydrogens is 409 g/mol. The topological polar surface area (TPSA) is 71.3 Å². The van der Waals surface area contributed by atoms with Crippen LogP contribution in [0.25, 0.3) is 11.4 Å². The third kappa shape index (κ3) is 5.69. The number of benzene rings is 2. The number of carbonyl (C=O) groups is 1. The summed E-state index contributed by atoms with van der Waals surface area (Å²) in [7, 11) is 0. The molecule has 2 aromatic carbocycles. The van der Waals surface area contributed by atoms with Gasteiger partial charge >= 0.3 is 0 Å². The van der Waals surface area contributed by atoms with Crippen molar-refractivity contribution >= 4 is 11.6 Å². The predicted octanol–water partition coefficient (Wildman–Crippen LogP) is 4.57. The molecule has 1 aromatic heterocycles. The molecule has 0 radical (unpaired) electrons. The van der Waals surface area contributed by atoms with E-state index in [1.54, 1.807) is 4.90 Å². The van der Waals surface area contributed by atoms with Gasteiger partial charge in [0, 0.05) is 5.56 Å². The third-order valence-electron chi connectivity index (χ3n) is 4.66. The highest BCUT2D eigenvalue weighted by molar-refractivity contribution is 5.92. The smallest absolute Gasteiger partial charge is 0.241 e. The molecule has 0 fully saturated rings. The minimum absolute atomic E-state index is 0.116. The van der Waals surface area contributed by atoms with Gasteiger partial charge in [0.1, 0.15) is 0 Å². The summed E-state index contributed by atoms with van der Waals surface area (Å²) in [4.78, 5) is 18.4. The molecule has 0 aliphatic heterocycles. The summed E-state index contributed by atoms with van der Waals surface area (Å²) in [6.45, 7) is 4.64. The van der Waals surface area contributed by atoms with E-state index in [1.165, 1.54) is 5.56 Å². The number of aryl methyl sites for hydroxylation is 1. The van der Waals surface area contributed by atoms with Crippen LogP contribution in [0.5, 0.6) is 0 Å². The number of nitrogens with zero attached hydrogens (tertiary/aromatic N) is 3. The SMILES string of the molecule is CCCN(CC(=O)Nc1ccc(F)c(F)c1F)Cc1nc(-c2ccc(CC)cc2)no1. The zero-order valence-electron chi connectivity index (χ0n) is 17.3. The average molecular weight is 432 g/mol. The number of aromatic nitrogens is 2. The lowest BCUT2D eigenvalue weighted by Gasteiger charge is -2.19. The number of hydrogen-bond donors (Lipinski definition) is 1. The molecule has 1 heterocycles. The molecule has 3 aromatic rings. The molecular formula is C22H23F3N4O2. The Hall–Kier alpha value is -3.20. The molecule has 0 aliphatic rings. The summed E-state index contributed by atoms with van der Waals surface area (Å²) in [5, 5.41) is 6.26. The van der Waals surface area contributed by atoms with Crippen molar-refractivity contribution in [3.05, 3.63) is 65.3 Å². The van der Waals surface area contributed by atoms with Crippen molar-refractivity contribution in [3.8, 4) is 11.4 Å². The molecule has 0 bridgehead atoms. The van der Waals surface area contributed by atoms with Crippen molar-refractivity contribution in [2.75, 3.05) is 18.4 Å². The summed E-state index contributed by atoms with van der Waals surface area (Å²) in [6.07, 6.45) is 1.67. The highest BCUT2D eigenvalue weighted by atomic mass is 19.2. The van der Waals surface area contributed by atoms with Crippen LogP contribution in [0.3, 0.4) is 0 Å². The molecule has 1 amide bonds. The molecule has 9 heteroatoms. The van der Waals surface area contributed by atoms with E-state index >= 15 is 0 Å². The van der Waals surface area contributed by atoms with Crippen molar-refractivity contribution < 1.29 is 22.5 Å². The van der Waals surface area contributed by atoms with Crippen molar-refractivity contribution in [1.29, 1.82) is 0 Å². The molecule has 0 unspecified atom stereocenters. The first-order valence-corrected chi connectivity index (χ1v) is 9.98. The Morgan fingerprint density at radius 2 is 1.81 bits per heavy atom. The Morgan fingerprint density at radius 1 is 1.06 bits per heavy atom. The molecule has 0 atom stereocenters. The zero-order chi connectivity index (χ0) is 22.4. The van der Waals surface area contributed by atoms with Crippen LogP contribution < -0.4 is 5.32 Å². The van der Waals surface area contributed by atoms with E-state index in [2.05, 4.69) is 22.4 Å². The Kier molecular flexibility index (Phi) is 7.41. The van der Waals surface area contributed by atoms with Gasteiger partial charge in [-0.1, -0.05) is 43.3 Å². The summed E-state index contributed by atoms with van der Waals surface area (Å²) >= 11 is 0. The van der Waals surface area contributed by atoms with Crippen LogP contribution in [0.2, 0.25) is 0 Å². The highest BCUT2D eigenvalue weighted by Gasteiger charge is 2.19. The molecule has 31 heavy (non-hydrogen) atoms. The second kappa shape index (κ2) is 10.2. The average Bonchev–Trinajstić information content (AvgIpc) is 3.23. The van der Waals surface area contributed by atoms with Crippen molar-refractivity contribution in [1.82, 2.24) is 15.0 Å². The van der Waals surface area contributed by atoms with Gasteiger partial charge in [0.2, 0.25) is 17.6 Å². The maximum absolute atomic E-state index is 13.8. The molecule has 0 aliphatic carbocycles. The lowest BCUT2D eigenvalue weighted by atomic mass is 10.1. The monoisotopic (exact) mass is 432 g/mol. The van der Waals surface area contributed by atoms with Crippen molar-refractivity contribution in [3.63, 3.8) is 0 Å². The Balaban J connectivity index is 1.65. The van der Waals surface area contributed by atoms with Gasteiger partial charge in [-0.15, -0.1) is 0 Å². The first kappa shape index (κ1) is 22.5. The third-order valence-corrected chi connectivity index (χ3v) is 4.66.